The molecule has 1 saturated heterocycles. The van der Waals surface area contributed by atoms with E-state index < -0.39 is 39.1 Å². The first-order chi connectivity index (χ1) is 13.4. The third kappa shape index (κ3) is 4.05. The maximum Gasteiger partial charge on any atom is 0.578 e. The number of imide groups is 1. The van der Waals surface area contributed by atoms with E-state index in [0.29, 0.717) is 5.56 Å². The van der Waals surface area contributed by atoms with Gasteiger partial charge in [0.05, 0.1) is 16.9 Å². The van der Waals surface area contributed by atoms with Crippen molar-refractivity contribution in [3.8, 4) is 0 Å². The molecule has 1 aliphatic heterocycles. The number of carbonyl (C=O) groups excluding carboxylic acids is 2. The summed E-state index contributed by atoms with van der Waals surface area (Å²) < 4.78 is 49.3. The Bertz CT molecular complexity index is 953. The van der Waals surface area contributed by atoms with Gasteiger partial charge in [-0.3, -0.25) is 4.79 Å². The Morgan fingerprint density at radius 3 is 2.34 bits per heavy atom. The van der Waals surface area contributed by atoms with Crippen molar-refractivity contribution in [3.05, 3.63) is 53.3 Å². The zero-order chi connectivity index (χ0) is 21.6. The normalized spacial score (nSPS) is 17.8. The molecule has 2 aromatic rings. The summed E-state index contributed by atoms with van der Waals surface area (Å²) in [5.74, 6) is -0.535. The lowest BCUT2D eigenvalue weighted by Gasteiger charge is -2.27. The highest BCUT2D eigenvalue weighted by atomic mass is 35.5. The number of hydrogen-bond donors (Lipinski definition) is 0. The van der Waals surface area contributed by atoms with E-state index in [-0.39, 0.29) is 17.4 Å². The van der Waals surface area contributed by atoms with Crippen molar-refractivity contribution in [1.29, 1.82) is 0 Å². The zero-order valence-electron chi connectivity index (χ0n) is 15.2. The van der Waals surface area contributed by atoms with Gasteiger partial charge in [0.1, 0.15) is 10.7 Å². The second-order valence-electron chi connectivity index (χ2n) is 6.76. The van der Waals surface area contributed by atoms with Crippen molar-refractivity contribution in [2.45, 2.75) is 36.3 Å². The molecule has 0 spiro atoms. The minimum Gasteiger partial charge on any atom is -0.604 e. The summed E-state index contributed by atoms with van der Waals surface area (Å²) in [5, 5.41) is 0.239. The lowest BCUT2D eigenvalue weighted by Crippen LogP contribution is -2.43. The number of rotatable bonds is 4. The van der Waals surface area contributed by atoms with Gasteiger partial charge in [0.15, 0.2) is 4.90 Å². The summed E-state index contributed by atoms with van der Waals surface area (Å²) in [5.41, 5.74) is -5.34. The highest BCUT2D eigenvalue weighted by molar-refractivity contribution is 7.92. The second kappa shape index (κ2) is 7.51. The maximum atomic E-state index is 12.9. The first-order valence-electron chi connectivity index (χ1n) is 8.28. The van der Waals surface area contributed by atoms with Crippen LogP contribution >= 0.6 is 11.6 Å². The van der Waals surface area contributed by atoms with Crippen molar-refractivity contribution in [3.63, 3.8) is 0 Å². The number of amides is 3. The summed E-state index contributed by atoms with van der Waals surface area (Å²) in [4.78, 5) is 31.4. The van der Waals surface area contributed by atoms with Crippen molar-refractivity contribution in [2.24, 2.45) is 0 Å². The molecule has 29 heavy (non-hydrogen) atoms. The number of pyridine rings is 1. The van der Waals surface area contributed by atoms with E-state index in [9.17, 15) is 27.3 Å². The molecule has 1 unspecified atom stereocenters. The Morgan fingerprint density at radius 1 is 1.17 bits per heavy atom. The molecule has 3 rings (SSSR count). The van der Waals surface area contributed by atoms with Crippen LogP contribution in [0.2, 0.25) is 5.15 Å². The van der Waals surface area contributed by atoms with E-state index in [1.807, 2.05) is 0 Å². The summed E-state index contributed by atoms with van der Waals surface area (Å²) in [7, 11) is 0. The number of carbonyl (C=O) groups is 2. The van der Waals surface area contributed by atoms with Crippen molar-refractivity contribution < 1.29 is 27.3 Å². The van der Waals surface area contributed by atoms with E-state index in [1.54, 1.807) is 26.0 Å². The molecule has 0 bridgehead atoms. The van der Waals surface area contributed by atoms with E-state index >= 15 is 0 Å². The van der Waals surface area contributed by atoms with Crippen molar-refractivity contribution in [2.75, 3.05) is 4.90 Å². The Kier molecular flexibility index (Phi) is 5.54. The molecule has 1 aromatic carbocycles. The molecule has 11 heteroatoms. The smallest absolute Gasteiger partial charge is 0.578 e. The van der Waals surface area contributed by atoms with E-state index in [0.717, 1.165) is 29.2 Å². The van der Waals surface area contributed by atoms with Gasteiger partial charge in [-0.05, 0) is 55.8 Å². The van der Waals surface area contributed by atoms with Gasteiger partial charge in [-0.15, -0.1) is 13.2 Å². The van der Waals surface area contributed by atoms with Crippen LogP contribution in [0, 0.1) is 0 Å². The average molecular weight is 446 g/mol. The molecule has 0 N–H and O–H groups in total. The van der Waals surface area contributed by atoms with Gasteiger partial charge in [-0.2, -0.15) is 0 Å². The lowest BCUT2D eigenvalue weighted by atomic mass is 10.0. The monoisotopic (exact) mass is 445 g/mol. The summed E-state index contributed by atoms with van der Waals surface area (Å²) in [6.45, 7) is 3.23. The zero-order valence-corrected chi connectivity index (χ0v) is 16.8. The van der Waals surface area contributed by atoms with Gasteiger partial charge < -0.3 is 9.45 Å². The van der Waals surface area contributed by atoms with E-state index in [1.165, 1.54) is 11.1 Å². The van der Waals surface area contributed by atoms with Crippen LogP contribution in [-0.4, -0.2) is 37.4 Å². The van der Waals surface area contributed by atoms with Gasteiger partial charge in [0, 0.05) is 12.7 Å². The van der Waals surface area contributed by atoms with Crippen LogP contribution in [0.1, 0.15) is 19.4 Å². The third-order valence-corrected chi connectivity index (χ3v) is 5.80. The third-order valence-electron chi connectivity index (χ3n) is 4.47. The Labute approximate surface area is 172 Å². The molecular weight excluding hydrogens is 431 g/mol. The van der Waals surface area contributed by atoms with Crippen LogP contribution < -0.4 is 4.90 Å². The number of nitrogens with zero attached hydrogens (tertiary/aromatic N) is 3. The molecule has 0 saturated carbocycles. The SMILES string of the molecule is CC1(C)C(=O)N(c2ccc([S+]([O-])C(F)(F)F)cc2)C(=O)N1Cc1ccnc(Cl)c1. The minimum absolute atomic E-state index is 0.0891. The van der Waals surface area contributed by atoms with E-state index in [4.69, 9.17) is 11.6 Å². The fraction of sp³-hybridized carbons (Fsp3) is 0.278. The van der Waals surface area contributed by atoms with Gasteiger partial charge >= 0.3 is 11.5 Å². The van der Waals surface area contributed by atoms with Crippen LogP contribution in [0.5, 0.6) is 0 Å². The quantitative estimate of drug-likeness (QED) is 0.403. The Hall–Kier alpha value is -2.30. The topological polar surface area (TPSA) is 76.6 Å². The highest BCUT2D eigenvalue weighted by Gasteiger charge is 2.52. The second-order valence-corrected chi connectivity index (χ2v) is 8.62. The molecule has 154 valence electrons. The van der Waals surface area contributed by atoms with Crippen LogP contribution in [0.4, 0.5) is 23.7 Å². The van der Waals surface area contributed by atoms with Gasteiger partial charge in [-0.25, -0.2) is 14.7 Å². The molecule has 6 nitrogen and oxygen atoms in total. The van der Waals surface area contributed by atoms with Crippen molar-refractivity contribution in [1.82, 2.24) is 9.88 Å². The average Bonchev–Trinajstić information content (AvgIpc) is 2.80. The molecule has 3 amide bonds. The van der Waals surface area contributed by atoms with Gasteiger partial charge in [0.25, 0.3) is 5.91 Å². The standard InChI is InChI=1S/C18H15ClF3N3O3S/c1-17(2)15(26)25(12-3-5-13(6-4-12)29(28)18(20,21)22)16(27)24(17)10-11-7-8-23-14(19)9-11/h3-9H,10H2,1-2H3. The predicted octanol–water partition coefficient (Wildman–Crippen LogP) is 4.11. The first kappa shape index (κ1) is 21.4. The number of alkyl halides is 3. The number of hydrogen-bond acceptors (Lipinski definition) is 4. The lowest BCUT2D eigenvalue weighted by molar-refractivity contribution is -0.123. The molecule has 1 aliphatic rings. The summed E-state index contributed by atoms with van der Waals surface area (Å²) in [6, 6.07) is 6.89. The largest absolute Gasteiger partial charge is 0.604 e. The number of anilines is 1. The van der Waals surface area contributed by atoms with Gasteiger partial charge in [-0.1, -0.05) is 11.6 Å². The molecule has 0 aliphatic carbocycles. The van der Waals surface area contributed by atoms with Crippen LogP contribution in [0.3, 0.4) is 0 Å². The summed E-state index contributed by atoms with van der Waals surface area (Å²) >= 11 is 2.67. The Morgan fingerprint density at radius 2 is 1.79 bits per heavy atom. The van der Waals surface area contributed by atoms with Crippen LogP contribution in [-0.2, 0) is 22.5 Å². The van der Waals surface area contributed by atoms with Gasteiger partial charge in [0.2, 0.25) is 0 Å². The van der Waals surface area contributed by atoms with Crippen LogP contribution in [0.25, 0.3) is 0 Å². The number of halogens is 4. The predicted molar refractivity (Wildman–Crippen MR) is 101 cm³/mol. The number of benzene rings is 1. The number of urea groups is 1. The molecule has 1 aromatic heterocycles. The molecule has 0 radical (unpaired) electrons. The molecule has 1 atom stereocenters. The Balaban J connectivity index is 1.89. The maximum absolute atomic E-state index is 12.9. The summed E-state index contributed by atoms with van der Waals surface area (Å²) in [6.07, 6.45) is 1.48. The van der Waals surface area contributed by atoms with Crippen molar-refractivity contribution >= 4 is 40.4 Å². The minimum atomic E-state index is -4.90. The molecule has 2 heterocycles. The molecular formula is C18H15ClF3N3O3S. The fourth-order valence-electron chi connectivity index (χ4n) is 2.90. The van der Waals surface area contributed by atoms with Crippen LogP contribution in [0.15, 0.2) is 47.5 Å². The van der Waals surface area contributed by atoms with E-state index in [2.05, 4.69) is 4.98 Å². The first-order valence-corrected chi connectivity index (χ1v) is 9.81. The highest BCUT2D eigenvalue weighted by Crippen LogP contribution is 2.35. The number of aromatic nitrogens is 1. The fourth-order valence-corrected chi connectivity index (χ4v) is 3.75. The molecule has 1 fully saturated rings.